The fraction of sp³-hybridized carbons (Fsp3) is 0.667. The molecule has 0 spiro atoms. The number of furan rings is 1. The Hall–Kier alpha value is -0.800. The summed E-state index contributed by atoms with van der Waals surface area (Å²) in [6.45, 7) is 4.31. The summed E-state index contributed by atoms with van der Waals surface area (Å²) in [5.74, 6) is 1.06. The summed E-state index contributed by atoms with van der Waals surface area (Å²) in [7, 11) is 0. The first kappa shape index (κ1) is 10.7. The molecule has 0 aliphatic heterocycles. The molecule has 2 N–H and O–H groups in total. The molecule has 1 heterocycles. The molecular formula is C12H20N2O. The molecule has 1 aromatic heterocycles. The molecule has 1 atom stereocenters. The Morgan fingerprint density at radius 2 is 2.33 bits per heavy atom. The maximum Gasteiger partial charge on any atom is 0.105 e. The molecule has 1 saturated carbocycles. The second-order valence-electron chi connectivity index (χ2n) is 4.37. The molecule has 15 heavy (non-hydrogen) atoms. The lowest BCUT2D eigenvalue weighted by Crippen LogP contribution is -2.35. The zero-order chi connectivity index (χ0) is 10.5. The van der Waals surface area contributed by atoms with Gasteiger partial charge in [-0.15, -0.1) is 0 Å². The SMILES string of the molecule is CC(Cc1ccco1)NCCNC1CC1. The van der Waals surface area contributed by atoms with Crippen LogP contribution in [-0.2, 0) is 6.42 Å². The van der Waals surface area contributed by atoms with E-state index in [0.29, 0.717) is 6.04 Å². The molecule has 1 unspecified atom stereocenters. The van der Waals surface area contributed by atoms with E-state index in [0.717, 1.165) is 31.3 Å². The number of hydrogen-bond donors (Lipinski definition) is 2. The third kappa shape index (κ3) is 4.06. The molecule has 2 rings (SSSR count). The van der Waals surface area contributed by atoms with Gasteiger partial charge in [-0.05, 0) is 31.9 Å². The average molecular weight is 208 g/mol. The highest BCUT2D eigenvalue weighted by atomic mass is 16.3. The standard InChI is InChI=1S/C12H20N2O/c1-10(9-12-3-2-8-15-12)13-6-7-14-11-4-5-11/h2-3,8,10-11,13-14H,4-7,9H2,1H3. The van der Waals surface area contributed by atoms with Gasteiger partial charge in [-0.25, -0.2) is 0 Å². The summed E-state index contributed by atoms with van der Waals surface area (Å²) < 4.78 is 5.30. The van der Waals surface area contributed by atoms with Crippen molar-refractivity contribution in [1.82, 2.24) is 10.6 Å². The maximum atomic E-state index is 5.30. The second-order valence-corrected chi connectivity index (χ2v) is 4.37. The van der Waals surface area contributed by atoms with Gasteiger partial charge >= 0.3 is 0 Å². The van der Waals surface area contributed by atoms with Crippen molar-refractivity contribution in [3.63, 3.8) is 0 Å². The van der Waals surface area contributed by atoms with Gasteiger partial charge < -0.3 is 15.1 Å². The summed E-state index contributed by atoms with van der Waals surface area (Å²) in [5, 5.41) is 6.97. The monoisotopic (exact) mass is 208 g/mol. The molecule has 0 amide bonds. The van der Waals surface area contributed by atoms with Crippen molar-refractivity contribution in [2.24, 2.45) is 0 Å². The van der Waals surface area contributed by atoms with Crippen LogP contribution in [0.1, 0.15) is 25.5 Å². The Morgan fingerprint density at radius 3 is 3.00 bits per heavy atom. The molecule has 0 aromatic carbocycles. The maximum absolute atomic E-state index is 5.30. The van der Waals surface area contributed by atoms with Crippen molar-refractivity contribution >= 4 is 0 Å². The average Bonchev–Trinajstić information content (AvgIpc) is 2.91. The van der Waals surface area contributed by atoms with Crippen LogP contribution in [0.3, 0.4) is 0 Å². The predicted octanol–water partition coefficient (Wildman–Crippen LogP) is 1.55. The van der Waals surface area contributed by atoms with E-state index in [4.69, 9.17) is 4.42 Å². The van der Waals surface area contributed by atoms with Crippen LogP contribution in [0.5, 0.6) is 0 Å². The molecule has 0 saturated heterocycles. The summed E-state index contributed by atoms with van der Waals surface area (Å²) in [6.07, 6.45) is 5.43. The predicted molar refractivity (Wildman–Crippen MR) is 60.9 cm³/mol. The van der Waals surface area contributed by atoms with Gasteiger partial charge in [-0.2, -0.15) is 0 Å². The van der Waals surface area contributed by atoms with Crippen molar-refractivity contribution in [2.75, 3.05) is 13.1 Å². The van der Waals surface area contributed by atoms with Crippen LogP contribution >= 0.6 is 0 Å². The minimum atomic E-state index is 0.483. The fourth-order valence-electron chi connectivity index (χ4n) is 1.68. The third-order valence-corrected chi connectivity index (χ3v) is 2.72. The third-order valence-electron chi connectivity index (χ3n) is 2.72. The lowest BCUT2D eigenvalue weighted by molar-refractivity contribution is 0.453. The Kier molecular flexibility index (Phi) is 3.80. The van der Waals surface area contributed by atoms with Gasteiger partial charge in [0, 0.05) is 31.6 Å². The number of rotatable bonds is 7. The summed E-state index contributed by atoms with van der Waals surface area (Å²) in [4.78, 5) is 0. The second kappa shape index (κ2) is 5.33. The molecule has 1 fully saturated rings. The van der Waals surface area contributed by atoms with Crippen LogP contribution in [0.2, 0.25) is 0 Å². The Morgan fingerprint density at radius 1 is 1.47 bits per heavy atom. The van der Waals surface area contributed by atoms with Crippen LogP contribution in [0.25, 0.3) is 0 Å². The van der Waals surface area contributed by atoms with Gasteiger partial charge in [0.15, 0.2) is 0 Å². The van der Waals surface area contributed by atoms with Crippen molar-refractivity contribution in [3.8, 4) is 0 Å². The number of hydrogen-bond acceptors (Lipinski definition) is 3. The van der Waals surface area contributed by atoms with Crippen LogP contribution in [0.4, 0.5) is 0 Å². The van der Waals surface area contributed by atoms with E-state index in [1.807, 2.05) is 12.1 Å². The fourth-order valence-corrected chi connectivity index (χ4v) is 1.68. The first-order valence-electron chi connectivity index (χ1n) is 5.84. The molecule has 0 radical (unpaired) electrons. The normalized spacial score (nSPS) is 17.9. The lowest BCUT2D eigenvalue weighted by atomic mass is 10.2. The molecule has 84 valence electrons. The van der Waals surface area contributed by atoms with Crippen LogP contribution in [-0.4, -0.2) is 25.2 Å². The molecular weight excluding hydrogens is 188 g/mol. The highest BCUT2D eigenvalue weighted by Crippen LogP contribution is 2.17. The lowest BCUT2D eigenvalue weighted by Gasteiger charge is -2.12. The van der Waals surface area contributed by atoms with Crippen LogP contribution < -0.4 is 10.6 Å². The Labute approximate surface area is 91.2 Å². The first-order valence-corrected chi connectivity index (χ1v) is 5.84. The van der Waals surface area contributed by atoms with Crippen molar-refractivity contribution in [3.05, 3.63) is 24.2 Å². The van der Waals surface area contributed by atoms with Gasteiger partial charge in [-0.1, -0.05) is 0 Å². The molecule has 3 nitrogen and oxygen atoms in total. The Balaban J connectivity index is 1.53. The highest BCUT2D eigenvalue weighted by Gasteiger charge is 2.19. The Bertz CT molecular complexity index is 267. The summed E-state index contributed by atoms with van der Waals surface area (Å²) in [5.41, 5.74) is 0. The topological polar surface area (TPSA) is 37.2 Å². The van der Waals surface area contributed by atoms with Crippen molar-refractivity contribution in [2.45, 2.75) is 38.3 Å². The zero-order valence-electron chi connectivity index (χ0n) is 9.33. The smallest absolute Gasteiger partial charge is 0.105 e. The molecule has 1 aromatic rings. The quantitative estimate of drug-likeness (QED) is 0.668. The molecule has 1 aliphatic carbocycles. The van der Waals surface area contributed by atoms with E-state index < -0.39 is 0 Å². The van der Waals surface area contributed by atoms with Crippen molar-refractivity contribution < 1.29 is 4.42 Å². The van der Waals surface area contributed by atoms with E-state index >= 15 is 0 Å². The van der Waals surface area contributed by atoms with E-state index in [1.54, 1.807) is 6.26 Å². The minimum absolute atomic E-state index is 0.483. The molecule has 1 aliphatic rings. The van der Waals surface area contributed by atoms with Crippen LogP contribution in [0.15, 0.2) is 22.8 Å². The van der Waals surface area contributed by atoms with Crippen molar-refractivity contribution in [1.29, 1.82) is 0 Å². The highest BCUT2D eigenvalue weighted by molar-refractivity contribution is 4.99. The number of nitrogens with one attached hydrogen (secondary N) is 2. The largest absolute Gasteiger partial charge is 0.469 e. The molecule has 3 heteroatoms. The molecule has 0 bridgehead atoms. The van der Waals surface area contributed by atoms with E-state index in [9.17, 15) is 0 Å². The summed E-state index contributed by atoms with van der Waals surface area (Å²) >= 11 is 0. The van der Waals surface area contributed by atoms with E-state index in [-0.39, 0.29) is 0 Å². The first-order chi connectivity index (χ1) is 7.34. The van der Waals surface area contributed by atoms with Gasteiger partial charge in [0.25, 0.3) is 0 Å². The van der Waals surface area contributed by atoms with E-state index in [1.165, 1.54) is 12.8 Å². The van der Waals surface area contributed by atoms with Gasteiger partial charge in [-0.3, -0.25) is 0 Å². The summed E-state index contributed by atoms with van der Waals surface area (Å²) in [6, 6.07) is 5.27. The van der Waals surface area contributed by atoms with Gasteiger partial charge in [0.2, 0.25) is 0 Å². The van der Waals surface area contributed by atoms with Crippen LogP contribution in [0, 0.1) is 0 Å². The minimum Gasteiger partial charge on any atom is -0.469 e. The van der Waals surface area contributed by atoms with E-state index in [2.05, 4.69) is 17.6 Å². The zero-order valence-corrected chi connectivity index (χ0v) is 9.33. The van der Waals surface area contributed by atoms with Gasteiger partial charge in [0.05, 0.1) is 6.26 Å². The van der Waals surface area contributed by atoms with Gasteiger partial charge in [0.1, 0.15) is 5.76 Å².